The second-order valence-corrected chi connectivity index (χ2v) is 5.53. The van der Waals surface area contributed by atoms with E-state index in [0.717, 1.165) is 11.3 Å². The van der Waals surface area contributed by atoms with Gasteiger partial charge in [0.15, 0.2) is 0 Å². The lowest BCUT2D eigenvalue weighted by Crippen LogP contribution is -2.35. The van der Waals surface area contributed by atoms with Gasteiger partial charge in [0.25, 0.3) is 0 Å². The molecule has 6 nitrogen and oxygen atoms in total. The molecule has 2 rings (SSSR count). The zero-order chi connectivity index (χ0) is 15.6. The number of nitrogens with two attached hydrogens (primary N) is 1. The van der Waals surface area contributed by atoms with E-state index in [-0.39, 0.29) is 17.8 Å². The number of benzene rings is 1. The fourth-order valence-electron chi connectivity index (χ4n) is 2.36. The van der Waals surface area contributed by atoms with Gasteiger partial charge in [-0.2, -0.15) is 0 Å². The van der Waals surface area contributed by atoms with Gasteiger partial charge in [-0.25, -0.2) is 4.79 Å². The van der Waals surface area contributed by atoms with Crippen molar-refractivity contribution < 1.29 is 14.3 Å². The highest BCUT2D eigenvalue weighted by Gasteiger charge is 2.24. The van der Waals surface area contributed by atoms with Gasteiger partial charge in [-0.05, 0) is 30.0 Å². The van der Waals surface area contributed by atoms with Crippen LogP contribution in [0, 0.1) is 5.92 Å². The number of hydrogen-bond acceptors (Lipinski definition) is 5. The number of esters is 1. The lowest BCUT2D eigenvalue weighted by molar-refractivity contribution is -0.142. The van der Waals surface area contributed by atoms with Crippen LogP contribution in [-0.4, -0.2) is 25.0 Å². The quantitative estimate of drug-likeness (QED) is 0.580. The number of nitrogen functional groups attached to an aromatic ring is 1. The molecule has 114 valence electrons. The Balaban J connectivity index is 2.28. The van der Waals surface area contributed by atoms with Gasteiger partial charge >= 0.3 is 5.97 Å². The summed E-state index contributed by atoms with van der Waals surface area (Å²) in [5, 5.41) is 5.95. The maximum Gasteiger partial charge on any atom is 0.328 e. The van der Waals surface area contributed by atoms with E-state index in [4.69, 9.17) is 10.5 Å². The van der Waals surface area contributed by atoms with Crippen molar-refractivity contribution in [1.29, 1.82) is 0 Å². The van der Waals surface area contributed by atoms with E-state index in [9.17, 15) is 9.59 Å². The molecular formula is C15H21N3O3. The Morgan fingerprint density at radius 1 is 1.38 bits per heavy atom. The highest BCUT2D eigenvalue weighted by Crippen LogP contribution is 2.31. The van der Waals surface area contributed by atoms with Gasteiger partial charge in [-0.1, -0.05) is 13.8 Å². The Morgan fingerprint density at radius 2 is 2.10 bits per heavy atom. The molecule has 1 aromatic carbocycles. The Morgan fingerprint density at radius 3 is 2.71 bits per heavy atom. The summed E-state index contributed by atoms with van der Waals surface area (Å²) in [5.74, 6) is -0.264. The summed E-state index contributed by atoms with van der Waals surface area (Å²) in [6.45, 7) is 3.87. The molecule has 0 radical (unpaired) electrons. The minimum atomic E-state index is -0.464. The molecule has 21 heavy (non-hydrogen) atoms. The van der Waals surface area contributed by atoms with Crippen LogP contribution in [0.2, 0.25) is 0 Å². The topological polar surface area (TPSA) is 93.4 Å². The van der Waals surface area contributed by atoms with Gasteiger partial charge in [0.05, 0.1) is 18.5 Å². The molecule has 1 heterocycles. The van der Waals surface area contributed by atoms with Crippen molar-refractivity contribution in [3.05, 3.63) is 17.7 Å². The number of ether oxygens (including phenoxy) is 1. The number of rotatable bonds is 4. The van der Waals surface area contributed by atoms with Gasteiger partial charge in [0.1, 0.15) is 6.04 Å². The third-order valence-corrected chi connectivity index (χ3v) is 3.60. The third kappa shape index (κ3) is 3.26. The van der Waals surface area contributed by atoms with E-state index < -0.39 is 6.04 Å². The molecule has 0 bridgehead atoms. The Hall–Kier alpha value is -2.24. The number of carbonyl (C=O) groups is 2. The molecule has 0 aromatic heterocycles. The molecule has 0 saturated carbocycles. The number of carbonyl (C=O) groups excluding carboxylic acids is 2. The Labute approximate surface area is 124 Å². The minimum Gasteiger partial charge on any atom is -0.467 e. The number of nitrogens with one attached hydrogen (secondary N) is 2. The van der Waals surface area contributed by atoms with E-state index >= 15 is 0 Å². The van der Waals surface area contributed by atoms with Crippen LogP contribution in [-0.2, 0) is 20.7 Å². The molecule has 1 aliphatic rings. The van der Waals surface area contributed by atoms with Crippen LogP contribution in [0.15, 0.2) is 12.1 Å². The molecule has 1 amide bonds. The van der Waals surface area contributed by atoms with Gasteiger partial charge in [0, 0.05) is 12.1 Å². The van der Waals surface area contributed by atoms with Crippen LogP contribution in [0.1, 0.15) is 25.8 Å². The fraction of sp³-hybridized carbons (Fsp3) is 0.467. The second kappa shape index (κ2) is 6.03. The number of methoxy groups -OCH3 is 1. The summed E-state index contributed by atoms with van der Waals surface area (Å²) in [6.07, 6.45) is 1.13. The molecule has 0 spiro atoms. The van der Waals surface area contributed by atoms with Crippen molar-refractivity contribution in [1.82, 2.24) is 0 Å². The van der Waals surface area contributed by atoms with Crippen LogP contribution < -0.4 is 16.4 Å². The van der Waals surface area contributed by atoms with Crippen molar-refractivity contribution in [2.75, 3.05) is 23.5 Å². The average molecular weight is 291 g/mol. The van der Waals surface area contributed by atoms with Crippen LogP contribution in [0.25, 0.3) is 0 Å². The molecule has 6 heteroatoms. The SMILES string of the molecule is COC(=O)C(Nc1cc2c(cc1N)NC(=O)CC2)C(C)C. The predicted molar refractivity (Wildman–Crippen MR) is 82.1 cm³/mol. The number of anilines is 3. The van der Waals surface area contributed by atoms with Crippen LogP contribution >= 0.6 is 0 Å². The Bertz CT molecular complexity index is 570. The van der Waals surface area contributed by atoms with Crippen LogP contribution in [0.5, 0.6) is 0 Å². The van der Waals surface area contributed by atoms with Crippen molar-refractivity contribution in [3.63, 3.8) is 0 Å². The van der Waals surface area contributed by atoms with Crippen molar-refractivity contribution in [3.8, 4) is 0 Å². The summed E-state index contributed by atoms with van der Waals surface area (Å²) >= 11 is 0. The summed E-state index contributed by atoms with van der Waals surface area (Å²) in [5.41, 5.74) is 8.95. The largest absolute Gasteiger partial charge is 0.467 e. The number of hydrogen-bond donors (Lipinski definition) is 3. The monoisotopic (exact) mass is 291 g/mol. The van der Waals surface area contributed by atoms with E-state index in [1.54, 1.807) is 6.07 Å². The lowest BCUT2D eigenvalue weighted by Gasteiger charge is -2.24. The molecule has 0 aliphatic carbocycles. The summed E-state index contributed by atoms with van der Waals surface area (Å²) < 4.78 is 4.81. The molecule has 4 N–H and O–H groups in total. The molecule has 0 saturated heterocycles. The first-order valence-electron chi connectivity index (χ1n) is 6.99. The highest BCUT2D eigenvalue weighted by atomic mass is 16.5. The van der Waals surface area contributed by atoms with Gasteiger partial charge < -0.3 is 21.1 Å². The zero-order valence-electron chi connectivity index (χ0n) is 12.5. The molecule has 1 unspecified atom stereocenters. The average Bonchev–Trinajstić information content (AvgIpc) is 2.43. The van der Waals surface area contributed by atoms with Crippen molar-refractivity contribution in [2.24, 2.45) is 5.92 Å². The van der Waals surface area contributed by atoms with E-state index in [0.29, 0.717) is 24.2 Å². The lowest BCUT2D eigenvalue weighted by atomic mass is 9.99. The molecule has 1 aromatic rings. The summed E-state index contributed by atoms with van der Waals surface area (Å²) in [7, 11) is 1.37. The zero-order valence-corrected chi connectivity index (χ0v) is 12.5. The number of aryl methyl sites for hydroxylation is 1. The standard InChI is InChI=1S/C15H21N3O3/c1-8(2)14(15(20)21-3)18-12-6-9-4-5-13(19)17-11(9)7-10(12)16/h6-8,14,18H,4-5,16H2,1-3H3,(H,17,19). The molecule has 1 atom stereocenters. The first kappa shape index (κ1) is 15.2. The maximum absolute atomic E-state index is 11.8. The normalized spacial score (nSPS) is 15.1. The number of amides is 1. The first-order chi connectivity index (χ1) is 9.92. The van der Waals surface area contributed by atoms with Crippen molar-refractivity contribution in [2.45, 2.75) is 32.7 Å². The van der Waals surface area contributed by atoms with Crippen molar-refractivity contribution >= 4 is 28.9 Å². The molecule has 0 fully saturated rings. The van der Waals surface area contributed by atoms with Gasteiger partial charge in [0.2, 0.25) is 5.91 Å². The van der Waals surface area contributed by atoms with Gasteiger partial charge in [-0.3, -0.25) is 4.79 Å². The molecular weight excluding hydrogens is 270 g/mol. The smallest absolute Gasteiger partial charge is 0.328 e. The third-order valence-electron chi connectivity index (χ3n) is 3.60. The van der Waals surface area contributed by atoms with Crippen LogP contribution in [0.4, 0.5) is 17.1 Å². The van der Waals surface area contributed by atoms with Gasteiger partial charge in [-0.15, -0.1) is 0 Å². The summed E-state index contributed by atoms with van der Waals surface area (Å²) in [6, 6.07) is 3.15. The maximum atomic E-state index is 11.8. The number of fused-ring (bicyclic) bond motifs is 1. The van der Waals surface area contributed by atoms with Crippen LogP contribution in [0.3, 0.4) is 0 Å². The highest BCUT2D eigenvalue weighted by molar-refractivity contribution is 5.95. The minimum absolute atomic E-state index is 0.00257. The second-order valence-electron chi connectivity index (χ2n) is 5.53. The van der Waals surface area contributed by atoms with E-state index in [2.05, 4.69) is 10.6 Å². The first-order valence-corrected chi connectivity index (χ1v) is 6.99. The van der Waals surface area contributed by atoms with E-state index in [1.807, 2.05) is 19.9 Å². The molecule has 1 aliphatic heterocycles. The summed E-state index contributed by atoms with van der Waals surface area (Å²) in [4.78, 5) is 23.2. The fourth-order valence-corrected chi connectivity index (χ4v) is 2.36. The Kier molecular flexibility index (Phi) is 4.35. The van der Waals surface area contributed by atoms with E-state index in [1.165, 1.54) is 7.11 Å². The predicted octanol–water partition coefficient (Wildman–Crippen LogP) is 1.76.